The van der Waals surface area contributed by atoms with Crippen LogP contribution in [0.15, 0.2) is 12.4 Å². The number of likely N-dealkylation sites (tertiary alicyclic amines) is 1. The monoisotopic (exact) mass is 290 g/mol. The first-order chi connectivity index (χ1) is 10.2. The smallest absolute Gasteiger partial charge is 0.247 e. The van der Waals surface area contributed by atoms with Crippen LogP contribution in [0.2, 0.25) is 0 Å². The quantitative estimate of drug-likeness (QED) is 0.807. The number of rotatable bonds is 5. The van der Waals surface area contributed by atoms with E-state index in [1.165, 1.54) is 4.90 Å². The van der Waals surface area contributed by atoms with E-state index in [0.717, 1.165) is 37.9 Å². The first-order valence-corrected chi connectivity index (χ1v) is 7.72. The van der Waals surface area contributed by atoms with Crippen LogP contribution in [-0.2, 0) is 23.1 Å². The van der Waals surface area contributed by atoms with E-state index in [9.17, 15) is 9.59 Å². The third-order valence-electron chi connectivity index (χ3n) is 4.53. The Morgan fingerprint density at radius 2 is 2.10 bits per heavy atom. The Bertz CT molecular complexity index is 534. The number of hydrogen-bond donors (Lipinski definition) is 1. The lowest BCUT2D eigenvalue weighted by Gasteiger charge is -2.22. The number of aromatic nitrogens is 2. The summed E-state index contributed by atoms with van der Waals surface area (Å²) in [6.07, 6.45) is 8.91. The van der Waals surface area contributed by atoms with Crippen molar-refractivity contribution in [2.75, 3.05) is 6.54 Å². The highest BCUT2D eigenvalue weighted by Crippen LogP contribution is 2.28. The van der Waals surface area contributed by atoms with Gasteiger partial charge in [0.2, 0.25) is 11.8 Å². The van der Waals surface area contributed by atoms with E-state index >= 15 is 0 Å². The van der Waals surface area contributed by atoms with Gasteiger partial charge in [0.05, 0.1) is 12.5 Å². The Labute approximate surface area is 124 Å². The van der Waals surface area contributed by atoms with Crippen LogP contribution in [0, 0.1) is 0 Å². The van der Waals surface area contributed by atoms with Crippen LogP contribution in [-0.4, -0.2) is 44.9 Å². The Balaban J connectivity index is 1.53. The molecule has 0 spiro atoms. The molecule has 0 bridgehead atoms. The molecule has 1 N–H and O–H groups in total. The molecule has 2 heterocycles. The van der Waals surface area contributed by atoms with Gasteiger partial charge in [-0.15, -0.1) is 0 Å². The molecule has 21 heavy (non-hydrogen) atoms. The van der Waals surface area contributed by atoms with E-state index < -0.39 is 0 Å². The number of amides is 2. The molecule has 2 aliphatic rings. The molecule has 114 valence electrons. The first-order valence-electron chi connectivity index (χ1n) is 7.72. The normalized spacial score (nSPS) is 23.5. The highest BCUT2D eigenvalue weighted by molar-refractivity contribution is 6.05. The van der Waals surface area contributed by atoms with Crippen molar-refractivity contribution in [2.45, 2.75) is 50.6 Å². The van der Waals surface area contributed by atoms with Gasteiger partial charge in [-0.25, -0.2) is 4.98 Å². The van der Waals surface area contributed by atoms with Gasteiger partial charge in [0, 0.05) is 38.4 Å². The predicted molar refractivity (Wildman–Crippen MR) is 77.4 cm³/mol. The molecular weight excluding hydrogens is 268 g/mol. The SMILES string of the molecule is Cn1ccnc1CCNC1CC(=O)N(C2CCCC2)C1=O. The van der Waals surface area contributed by atoms with Gasteiger partial charge in [0.25, 0.3) is 0 Å². The molecule has 1 aromatic rings. The van der Waals surface area contributed by atoms with Crippen LogP contribution in [0.4, 0.5) is 0 Å². The average Bonchev–Trinajstić information content (AvgIpc) is 3.14. The first kappa shape index (κ1) is 14.3. The predicted octanol–water partition coefficient (Wildman–Crippen LogP) is 0.622. The molecule has 3 rings (SSSR count). The van der Waals surface area contributed by atoms with Gasteiger partial charge in [0.15, 0.2) is 0 Å². The Kier molecular flexibility index (Phi) is 4.05. The van der Waals surface area contributed by atoms with Crippen molar-refractivity contribution in [3.8, 4) is 0 Å². The number of imidazole rings is 1. The van der Waals surface area contributed by atoms with Gasteiger partial charge in [-0.3, -0.25) is 14.5 Å². The van der Waals surface area contributed by atoms with Crippen LogP contribution >= 0.6 is 0 Å². The maximum absolute atomic E-state index is 12.4. The van der Waals surface area contributed by atoms with Crippen molar-refractivity contribution in [1.29, 1.82) is 0 Å². The molecule has 0 aromatic carbocycles. The molecule has 2 fully saturated rings. The summed E-state index contributed by atoms with van der Waals surface area (Å²) in [4.78, 5) is 30.2. The fourth-order valence-electron chi connectivity index (χ4n) is 3.35. The van der Waals surface area contributed by atoms with Crippen LogP contribution in [0.25, 0.3) is 0 Å². The zero-order valence-corrected chi connectivity index (χ0v) is 12.4. The summed E-state index contributed by atoms with van der Waals surface area (Å²) in [6.45, 7) is 0.660. The highest BCUT2D eigenvalue weighted by Gasteiger charge is 2.42. The van der Waals surface area contributed by atoms with Crippen molar-refractivity contribution in [1.82, 2.24) is 19.8 Å². The molecule has 6 heteroatoms. The van der Waals surface area contributed by atoms with Crippen molar-refractivity contribution in [3.05, 3.63) is 18.2 Å². The average molecular weight is 290 g/mol. The molecule has 2 amide bonds. The number of hydrogen-bond acceptors (Lipinski definition) is 4. The van der Waals surface area contributed by atoms with Crippen molar-refractivity contribution >= 4 is 11.8 Å². The summed E-state index contributed by atoms with van der Waals surface area (Å²) in [7, 11) is 1.95. The van der Waals surface area contributed by atoms with Gasteiger partial charge in [0.1, 0.15) is 5.82 Å². The number of nitrogens with zero attached hydrogens (tertiary/aromatic N) is 3. The summed E-state index contributed by atoms with van der Waals surface area (Å²) in [5.74, 6) is 0.931. The zero-order valence-electron chi connectivity index (χ0n) is 12.4. The van der Waals surface area contributed by atoms with E-state index in [0.29, 0.717) is 13.0 Å². The summed E-state index contributed by atoms with van der Waals surface area (Å²) < 4.78 is 1.97. The maximum atomic E-state index is 12.4. The fourth-order valence-corrected chi connectivity index (χ4v) is 3.35. The van der Waals surface area contributed by atoms with E-state index in [1.54, 1.807) is 6.20 Å². The second kappa shape index (κ2) is 5.97. The lowest BCUT2D eigenvalue weighted by Crippen LogP contribution is -2.43. The van der Waals surface area contributed by atoms with Crippen LogP contribution < -0.4 is 5.32 Å². The molecule has 1 aliphatic carbocycles. The van der Waals surface area contributed by atoms with Crippen molar-refractivity contribution in [3.63, 3.8) is 0 Å². The van der Waals surface area contributed by atoms with E-state index in [1.807, 2.05) is 17.8 Å². The Morgan fingerprint density at radius 3 is 2.76 bits per heavy atom. The van der Waals surface area contributed by atoms with Crippen LogP contribution in [0.1, 0.15) is 37.9 Å². The molecule has 1 saturated heterocycles. The molecule has 6 nitrogen and oxygen atoms in total. The van der Waals surface area contributed by atoms with Gasteiger partial charge >= 0.3 is 0 Å². The Morgan fingerprint density at radius 1 is 1.33 bits per heavy atom. The Hall–Kier alpha value is -1.69. The van der Waals surface area contributed by atoms with Gasteiger partial charge in [-0.05, 0) is 12.8 Å². The second-order valence-corrected chi connectivity index (χ2v) is 5.96. The number of carbonyl (C=O) groups is 2. The third kappa shape index (κ3) is 2.85. The minimum absolute atomic E-state index is 0.0126. The highest BCUT2D eigenvalue weighted by atomic mass is 16.2. The number of aryl methyl sites for hydroxylation is 1. The molecule has 1 aromatic heterocycles. The maximum Gasteiger partial charge on any atom is 0.247 e. The topological polar surface area (TPSA) is 67.2 Å². The standard InChI is InChI=1S/C15H22N4O2/c1-18-9-8-17-13(18)6-7-16-12-10-14(20)19(15(12)21)11-4-2-3-5-11/h8-9,11-12,16H,2-7,10H2,1H3. The molecule has 0 radical (unpaired) electrons. The molecular formula is C15H22N4O2. The van der Waals surface area contributed by atoms with Gasteiger partial charge < -0.3 is 9.88 Å². The zero-order chi connectivity index (χ0) is 14.8. The van der Waals surface area contributed by atoms with Crippen molar-refractivity contribution < 1.29 is 9.59 Å². The lowest BCUT2D eigenvalue weighted by atomic mass is 10.2. The second-order valence-electron chi connectivity index (χ2n) is 5.96. The minimum atomic E-state index is -0.349. The lowest BCUT2D eigenvalue weighted by molar-refractivity contribution is -0.141. The third-order valence-corrected chi connectivity index (χ3v) is 4.53. The molecule has 1 unspecified atom stereocenters. The molecule has 1 aliphatic heterocycles. The number of imide groups is 1. The van der Waals surface area contributed by atoms with E-state index in [2.05, 4.69) is 10.3 Å². The number of nitrogens with one attached hydrogen (secondary N) is 1. The molecule has 1 atom stereocenters. The van der Waals surface area contributed by atoms with Crippen LogP contribution in [0.5, 0.6) is 0 Å². The van der Waals surface area contributed by atoms with E-state index in [-0.39, 0.29) is 23.9 Å². The summed E-state index contributed by atoms with van der Waals surface area (Å²) >= 11 is 0. The number of carbonyl (C=O) groups excluding carboxylic acids is 2. The van der Waals surface area contributed by atoms with E-state index in [4.69, 9.17) is 0 Å². The summed E-state index contributed by atoms with van der Waals surface area (Å²) in [6, 6.07) is -0.204. The largest absolute Gasteiger partial charge is 0.338 e. The molecule has 1 saturated carbocycles. The summed E-state index contributed by atoms with van der Waals surface area (Å²) in [5.41, 5.74) is 0. The minimum Gasteiger partial charge on any atom is -0.338 e. The van der Waals surface area contributed by atoms with Gasteiger partial charge in [-0.2, -0.15) is 0 Å². The van der Waals surface area contributed by atoms with Crippen molar-refractivity contribution in [2.24, 2.45) is 7.05 Å². The fraction of sp³-hybridized carbons (Fsp3) is 0.667. The van der Waals surface area contributed by atoms with Gasteiger partial charge in [-0.1, -0.05) is 12.8 Å². The summed E-state index contributed by atoms with van der Waals surface area (Å²) in [5, 5.41) is 3.22. The van der Waals surface area contributed by atoms with Crippen LogP contribution in [0.3, 0.4) is 0 Å².